The van der Waals surface area contributed by atoms with Crippen molar-refractivity contribution in [2.75, 3.05) is 54.1 Å². The number of ether oxygens (including phenoxy) is 2. The summed E-state index contributed by atoms with van der Waals surface area (Å²) in [5.74, 6) is -0.333. The summed E-state index contributed by atoms with van der Waals surface area (Å²) < 4.78 is 35.0. The summed E-state index contributed by atoms with van der Waals surface area (Å²) in [7, 11) is 1.64. The highest BCUT2D eigenvalue weighted by Gasteiger charge is 2.26. The third kappa shape index (κ3) is 45.3. The van der Waals surface area contributed by atoms with Crippen LogP contribution in [0.5, 0.6) is 0 Å². The number of allylic oxidation sites excluding steroid dienone is 10. The highest BCUT2D eigenvalue weighted by atomic mass is 31.2. The van der Waals surface area contributed by atoms with E-state index < -0.39 is 13.9 Å². The van der Waals surface area contributed by atoms with Gasteiger partial charge in [-0.05, 0) is 77.0 Å². The number of hydrogen-bond acceptors (Lipinski definition) is 6. The number of carbonyl (C=O) groups is 1. The normalized spacial score (nSPS) is 14.2. The third-order valence-corrected chi connectivity index (χ3v) is 10.8. The van der Waals surface area contributed by atoms with E-state index >= 15 is 0 Å². The van der Waals surface area contributed by atoms with Crippen LogP contribution in [0.3, 0.4) is 0 Å². The number of quaternary nitrogens is 1. The molecule has 0 radical (unpaired) electrons. The minimum Gasteiger partial charge on any atom is -0.457 e. The molecular formula is C49H91NO7P+. The maximum Gasteiger partial charge on any atom is 0.472 e. The maximum atomic E-state index is 12.7. The molecule has 58 heavy (non-hydrogen) atoms. The highest BCUT2D eigenvalue weighted by molar-refractivity contribution is 7.47. The van der Waals surface area contributed by atoms with Crippen LogP contribution in [0.1, 0.15) is 187 Å². The van der Waals surface area contributed by atoms with Crippen LogP contribution in [0.4, 0.5) is 0 Å². The largest absolute Gasteiger partial charge is 0.472 e. The fraction of sp³-hybridized carbons (Fsp3) is 0.776. The van der Waals surface area contributed by atoms with Gasteiger partial charge in [0.25, 0.3) is 0 Å². The lowest BCUT2D eigenvalue weighted by atomic mass is 10.1. The lowest BCUT2D eigenvalue weighted by Crippen LogP contribution is -2.37. The Bertz CT molecular complexity index is 1110. The van der Waals surface area contributed by atoms with Crippen molar-refractivity contribution in [2.45, 2.75) is 193 Å². The van der Waals surface area contributed by atoms with Crippen molar-refractivity contribution in [1.29, 1.82) is 0 Å². The number of unbranched alkanes of at least 4 members (excludes halogenated alkanes) is 19. The van der Waals surface area contributed by atoms with Crippen LogP contribution >= 0.6 is 7.82 Å². The molecule has 0 aliphatic carbocycles. The van der Waals surface area contributed by atoms with E-state index in [-0.39, 0.29) is 25.8 Å². The predicted molar refractivity (Wildman–Crippen MR) is 247 cm³/mol. The minimum absolute atomic E-state index is 0.0810. The fourth-order valence-electron chi connectivity index (χ4n) is 6.10. The molecule has 0 aromatic carbocycles. The Morgan fingerprint density at radius 2 is 0.966 bits per heavy atom. The molecule has 0 heterocycles. The molecule has 0 spiro atoms. The molecule has 0 aliphatic heterocycles. The SMILES string of the molecule is CCCC/C=C\C/C=C\CCCCCCCC(=O)OC(COCCCCCCCCC/C=C\C/C=C\C/C=C\CCCCCCC)COP(=O)(O)OCC[N+](C)(C)C. The number of phosphoric acid groups is 1. The molecule has 0 bridgehead atoms. The van der Waals surface area contributed by atoms with Crippen molar-refractivity contribution in [3.8, 4) is 0 Å². The first-order valence-corrected chi connectivity index (χ1v) is 25.0. The smallest absolute Gasteiger partial charge is 0.457 e. The summed E-state index contributed by atoms with van der Waals surface area (Å²) in [5, 5.41) is 0. The van der Waals surface area contributed by atoms with Crippen LogP contribution in [0.15, 0.2) is 60.8 Å². The number of esters is 1. The van der Waals surface area contributed by atoms with Crippen molar-refractivity contribution in [3.63, 3.8) is 0 Å². The van der Waals surface area contributed by atoms with Gasteiger partial charge in [0.15, 0.2) is 0 Å². The summed E-state index contributed by atoms with van der Waals surface area (Å²) in [5.41, 5.74) is 0. The molecule has 0 aromatic heterocycles. The van der Waals surface area contributed by atoms with Gasteiger partial charge in [0.1, 0.15) is 19.3 Å². The number of nitrogens with zero attached hydrogens (tertiary/aromatic N) is 1. The molecule has 0 aliphatic rings. The Kier molecular flexibility index (Phi) is 40.6. The highest BCUT2D eigenvalue weighted by Crippen LogP contribution is 2.43. The molecule has 1 N–H and O–H groups in total. The monoisotopic (exact) mass is 837 g/mol. The van der Waals surface area contributed by atoms with Crippen LogP contribution < -0.4 is 0 Å². The maximum absolute atomic E-state index is 12.7. The fourth-order valence-corrected chi connectivity index (χ4v) is 6.85. The van der Waals surface area contributed by atoms with E-state index in [0.29, 0.717) is 24.1 Å². The first kappa shape index (κ1) is 56.2. The van der Waals surface area contributed by atoms with E-state index in [1.807, 2.05) is 21.1 Å². The topological polar surface area (TPSA) is 91.3 Å². The van der Waals surface area contributed by atoms with Gasteiger partial charge in [0.2, 0.25) is 0 Å². The van der Waals surface area contributed by atoms with Crippen molar-refractivity contribution >= 4 is 13.8 Å². The molecule has 9 heteroatoms. The standard InChI is InChI=1S/C49H90NO7P/c1-6-8-10-12-14-16-18-20-22-23-24-25-26-27-28-29-31-33-35-37-39-41-44-54-46-48(47-56-58(52,53)55-45-43-50(3,4)5)57-49(51)42-40-38-36-34-32-30-21-19-17-15-13-11-9-7-2/h13,15,18-21,23-24,26-27,48H,6-12,14,16-17,22,25,28-47H2,1-5H3/p+1/b15-13-,20-18-,21-19-,24-23-,27-26-. The second-order valence-electron chi connectivity index (χ2n) is 16.8. The lowest BCUT2D eigenvalue weighted by molar-refractivity contribution is -0.870. The summed E-state index contributed by atoms with van der Waals surface area (Å²) >= 11 is 0. The first-order chi connectivity index (χ1) is 28.1. The number of likely N-dealkylation sites (N-methyl/N-ethyl adjacent to an activating group) is 1. The van der Waals surface area contributed by atoms with Crippen LogP contribution in [-0.4, -0.2) is 75.6 Å². The van der Waals surface area contributed by atoms with Crippen LogP contribution in [-0.2, 0) is 27.9 Å². The molecule has 0 amide bonds. The number of phosphoric ester groups is 1. The molecule has 0 rings (SSSR count). The Labute approximate surface area is 358 Å². The van der Waals surface area contributed by atoms with Crippen molar-refractivity contribution in [2.24, 2.45) is 0 Å². The molecule has 2 unspecified atom stereocenters. The molecule has 0 saturated heterocycles. The molecule has 0 saturated carbocycles. The zero-order chi connectivity index (χ0) is 42.7. The third-order valence-electron chi connectivity index (χ3n) is 9.80. The molecule has 2 atom stereocenters. The van der Waals surface area contributed by atoms with E-state index in [0.717, 1.165) is 77.0 Å². The van der Waals surface area contributed by atoms with Gasteiger partial charge in [-0.15, -0.1) is 0 Å². The average molecular weight is 837 g/mol. The van der Waals surface area contributed by atoms with E-state index in [4.69, 9.17) is 18.5 Å². The predicted octanol–water partition coefficient (Wildman–Crippen LogP) is 14.1. The van der Waals surface area contributed by atoms with Crippen molar-refractivity contribution < 1.29 is 37.3 Å². The lowest BCUT2D eigenvalue weighted by Gasteiger charge is -2.24. The molecule has 338 valence electrons. The Balaban J connectivity index is 4.22. The summed E-state index contributed by atoms with van der Waals surface area (Å²) in [4.78, 5) is 22.9. The van der Waals surface area contributed by atoms with Crippen LogP contribution in [0, 0.1) is 0 Å². The van der Waals surface area contributed by atoms with E-state index in [1.54, 1.807) is 0 Å². The van der Waals surface area contributed by atoms with Crippen LogP contribution in [0.2, 0.25) is 0 Å². The second-order valence-corrected chi connectivity index (χ2v) is 18.2. The second kappa shape index (κ2) is 41.9. The van der Waals surface area contributed by atoms with E-state index in [1.165, 1.54) is 89.9 Å². The van der Waals surface area contributed by atoms with Crippen LogP contribution in [0.25, 0.3) is 0 Å². The molecule has 0 aromatic rings. The number of rotatable bonds is 43. The first-order valence-electron chi connectivity index (χ1n) is 23.5. The van der Waals surface area contributed by atoms with Gasteiger partial charge in [-0.3, -0.25) is 13.8 Å². The van der Waals surface area contributed by atoms with Gasteiger partial charge in [-0.1, -0.05) is 164 Å². The summed E-state index contributed by atoms with van der Waals surface area (Å²) in [6.07, 6.45) is 52.6. The Morgan fingerprint density at radius 1 is 0.534 bits per heavy atom. The van der Waals surface area contributed by atoms with Gasteiger partial charge in [-0.25, -0.2) is 4.57 Å². The van der Waals surface area contributed by atoms with E-state index in [2.05, 4.69) is 74.6 Å². The summed E-state index contributed by atoms with van der Waals surface area (Å²) in [6, 6.07) is 0. The van der Waals surface area contributed by atoms with Gasteiger partial charge in [0.05, 0.1) is 34.4 Å². The average Bonchev–Trinajstić information content (AvgIpc) is 3.18. The van der Waals surface area contributed by atoms with Crippen molar-refractivity contribution in [3.05, 3.63) is 60.8 Å². The van der Waals surface area contributed by atoms with Gasteiger partial charge in [-0.2, -0.15) is 0 Å². The Hall–Kier alpha value is -1.80. The number of hydrogen-bond donors (Lipinski definition) is 1. The summed E-state index contributed by atoms with van der Waals surface area (Å²) in [6.45, 7) is 5.52. The number of carbonyl (C=O) groups excluding carboxylic acids is 1. The zero-order valence-electron chi connectivity index (χ0n) is 38.3. The molecule has 8 nitrogen and oxygen atoms in total. The quantitative estimate of drug-likeness (QED) is 0.0215. The van der Waals surface area contributed by atoms with Crippen molar-refractivity contribution in [1.82, 2.24) is 0 Å². The van der Waals surface area contributed by atoms with Gasteiger partial charge < -0.3 is 18.9 Å². The molecular weight excluding hydrogens is 746 g/mol. The molecule has 0 fully saturated rings. The van der Waals surface area contributed by atoms with Gasteiger partial charge in [0, 0.05) is 13.0 Å². The van der Waals surface area contributed by atoms with Gasteiger partial charge >= 0.3 is 13.8 Å². The Morgan fingerprint density at radius 3 is 1.47 bits per heavy atom. The van der Waals surface area contributed by atoms with E-state index in [9.17, 15) is 14.3 Å². The zero-order valence-corrected chi connectivity index (χ0v) is 39.2. The minimum atomic E-state index is -4.29.